The molecule has 0 aliphatic rings. The molecule has 5 nitrogen and oxygen atoms in total. The minimum absolute atomic E-state index is 0.188. The molecule has 0 unspecified atom stereocenters. The number of nitrogens with zero attached hydrogens (tertiary/aromatic N) is 3. The Labute approximate surface area is 115 Å². The van der Waals surface area contributed by atoms with E-state index in [1.807, 2.05) is 12.1 Å². The first kappa shape index (κ1) is 11.9. The van der Waals surface area contributed by atoms with Crippen LogP contribution in [0.3, 0.4) is 0 Å². The third-order valence-corrected chi connectivity index (χ3v) is 2.92. The highest BCUT2D eigenvalue weighted by atomic mass is 16.3. The molecule has 0 amide bonds. The number of nitrogen functional groups attached to an aromatic ring is 1. The van der Waals surface area contributed by atoms with Gasteiger partial charge in [-0.05, 0) is 30.3 Å². The van der Waals surface area contributed by atoms with Crippen molar-refractivity contribution in [2.24, 2.45) is 0 Å². The normalized spacial score (nSPS) is 10.2. The Morgan fingerprint density at radius 3 is 2.65 bits per heavy atom. The van der Waals surface area contributed by atoms with Crippen LogP contribution in [0.15, 0.2) is 53.4 Å². The van der Waals surface area contributed by atoms with Gasteiger partial charge in [-0.3, -0.25) is 4.98 Å². The van der Waals surface area contributed by atoms with Crippen LogP contribution in [0.2, 0.25) is 0 Å². The highest BCUT2D eigenvalue weighted by molar-refractivity contribution is 5.77. The molecule has 0 saturated carbocycles. The summed E-state index contributed by atoms with van der Waals surface area (Å²) in [5.41, 5.74) is 8.39. The summed E-state index contributed by atoms with van der Waals surface area (Å²) in [5.74, 6) is 0.777. The maximum Gasteiger partial charge on any atom is 0.142 e. The van der Waals surface area contributed by atoms with E-state index in [-0.39, 0.29) is 5.82 Å². The zero-order valence-electron chi connectivity index (χ0n) is 10.4. The molecule has 0 aliphatic heterocycles. The smallest absolute Gasteiger partial charge is 0.142 e. The Morgan fingerprint density at radius 2 is 2.00 bits per heavy atom. The molecule has 0 atom stereocenters. The molecule has 0 bridgehead atoms. The third-order valence-electron chi connectivity index (χ3n) is 2.92. The van der Waals surface area contributed by atoms with Gasteiger partial charge in [-0.2, -0.15) is 5.26 Å². The first-order chi connectivity index (χ1) is 9.79. The summed E-state index contributed by atoms with van der Waals surface area (Å²) in [5, 5.41) is 9.24. The summed E-state index contributed by atoms with van der Waals surface area (Å²) < 4.78 is 5.36. The van der Waals surface area contributed by atoms with Gasteiger partial charge in [0.1, 0.15) is 23.2 Å². The van der Waals surface area contributed by atoms with Gasteiger partial charge in [0.05, 0.1) is 12.0 Å². The summed E-state index contributed by atoms with van der Waals surface area (Å²) in [7, 11) is 0. The lowest BCUT2D eigenvalue weighted by molar-refractivity contribution is 0.582. The lowest BCUT2D eigenvalue weighted by atomic mass is 10.0. The van der Waals surface area contributed by atoms with Crippen molar-refractivity contribution in [2.45, 2.75) is 0 Å². The molecule has 0 spiro atoms. The molecule has 3 aromatic rings. The molecule has 3 heterocycles. The molecule has 2 N–H and O–H groups in total. The Morgan fingerprint density at radius 1 is 1.20 bits per heavy atom. The summed E-state index contributed by atoms with van der Waals surface area (Å²) in [6, 6.07) is 11.1. The number of nitriles is 1. The van der Waals surface area contributed by atoms with E-state index in [1.165, 1.54) is 0 Å². The quantitative estimate of drug-likeness (QED) is 0.767. The predicted molar refractivity (Wildman–Crippen MR) is 74.3 cm³/mol. The molecule has 0 aliphatic carbocycles. The highest BCUT2D eigenvalue weighted by Crippen LogP contribution is 2.31. The van der Waals surface area contributed by atoms with Gasteiger partial charge in [-0.25, -0.2) is 4.98 Å². The largest absolute Gasteiger partial charge is 0.464 e. The lowest BCUT2D eigenvalue weighted by Gasteiger charge is -2.07. The SMILES string of the molecule is N#Cc1c(-c2ccco2)cc(-c2ccncc2)nc1N. The van der Waals surface area contributed by atoms with E-state index in [9.17, 15) is 5.26 Å². The molecule has 20 heavy (non-hydrogen) atoms. The van der Waals surface area contributed by atoms with Gasteiger partial charge < -0.3 is 10.2 Å². The maximum atomic E-state index is 9.24. The van der Waals surface area contributed by atoms with Crippen molar-refractivity contribution in [1.29, 1.82) is 5.26 Å². The van der Waals surface area contributed by atoms with Gasteiger partial charge in [-0.15, -0.1) is 0 Å². The van der Waals surface area contributed by atoms with E-state index >= 15 is 0 Å². The van der Waals surface area contributed by atoms with E-state index < -0.39 is 0 Å². The van der Waals surface area contributed by atoms with Crippen LogP contribution in [0.25, 0.3) is 22.6 Å². The second-order valence-electron chi connectivity index (χ2n) is 4.14. The fourth-order valence-electron chi connectivity index (χ4n) is 1.98. The number of pyridine rings is 2. The van der Waals surface area contributed by atoms with Crippen molar-refractivity contribution in [3.05, 3.63) is 54.6 Å². The zero-order chi connectivity index (χ0) is 13.9. The van der Waals surface area contributed by atoms with Crippen molar-refractivity contribution < 1.29 is 4.42 Å². The molecule has 96 valence electrons. The molecule has 5 heteroatoms. The van der Waals surface area contributed by atoms with Gasteiger partial charge in [0.2, 0.25) is 0 Å². The molecule has 0 saturated heterocycles. The molecular formula is C15H10N4O. The summed E-state index contributed by atoms with van der Waals surface area (Å²) in [4.78, 5) is 8.24. The monoisotopic (exact) mass is 262 g/mol. The second kappa shape index (κ2) is 4.86. The number of hydrogen-bond donors (Lipinski definition) is 1. The molecule has 0 fully saturated rings. The van der Waals surface area contributed by atoms with Crippen LogP contribution in [0, 0.1) is 11.3 Å². The standard InChI is InChI=1S/C15H10N4O/c16-9-12-11(14-2-1-7-20-14)8-13(19-15(12)17)10-3-5-18-6-4-10/h1-8H,(H2,17,19). The average Bonchev–Trinajstić information content (AvgIpc) is 3.01. The van der Waals surface area contributed by atoms with Crippen molar-refractivity contribution >= 4 is 5.82 Å². The van der Waals surface area contributed by atoms with Crippen LogP contribution >= 0.6 is 0 Å². The number of furan rings is 1. The first-order valence-electron chi connectivity index (χ1n) is 5.94. The van der Waals surface area contributed by atoms with Crippen LogP contribution in [-0.2, 0) is 0 Å². The van der Waals surface area contributed by atoms with Gasteiger partial charge in [0.25, 0.3) is 0 Å². The molecule has 0 aromatic carbocycles. The average molecular weight is 262 g/mol. The summed E-state index contributed by atoms with van der Waals surface area (Å²) in [6.07, 6.45) is 4.91. The van der Waals surface area contributed by atoms with E-state index in [0.29, 0.717) is 22.6 Å². The van der Waals surface area contributed by atoms with E-state index in [0.717, 1.165) is 5.56 Å². The molecule has 3 aromatic heterocycles. The summed E-state index contributed by atoms with van der Waals surface area (Å²) in [6.45, 7) is 0. The van der Waals surface area contributed by atoms with Crippen LogP contribution < -0.4 is 5.73 Å². The minimum Gasteiger partial charge on any atom is -0.464 e. The van der Waals surface area contributed by atoms with Crippen LogP contribution in [0.5, 0.6) is 0 Å². The number of anilines is 1. The zero-order valence-corrected chi connectivity index (χ0v) is 10.4. The van der Waals surface area contributed by atoms with Gasteiger partial charge in [0.15, 0.2) is 0 Å². The van der Waals surface area contributed by atoms with Crippen LogP contribution in [0.1, 0.15) is 5.56 Å². The third kappa shape index (κ3) is 1.99. The van der Waals surface area contributed by atoms with E-state index in [2.05, 4.69) is 16.0 Å². The van der Waals surface area contributed by atoms with Gasteiger partial charge >= 0.3 is 0 Å². The Bertz CT molecular complexity index is 774. The Hall–Kier alpha value is -3.13. The fraction of sp³-hybridized carbons (Fsp3) is 0. The Kier molecular flexibility index (Phi) is 2.90. The second-order valence-corrected chi connectivity index (χ2v) is 4.14. The van der Waals surface area contributed by atoms with Crippen molar-refractivity contribution in [3.8, 4) is 28.7 Å². The van der Waals surface area contributed by atoms with Crippen molar-refractivity contribution in [3.63, 3.8) is 0 Å². The number of hydrogen-bond acceptors (Lipinski definition) is 5. The maximum absolute atomic E-state index is 9.24. The minimum atomic E-state index is 0.188. The fourth-order valence-corrected chi connectivity index (χ4v) is 1.98. The molecule has 0 radical (unpaired) electrons. The lowest BCUT2D eigenvalue weighted by Crippen LogP contribution is -1.99. The molecule has 3 rings (SSSR count). The van der Waals surface area contributed by atoms with E-state index in [4.69, 9.17) is 10.2 Å². The Balaban J connectivity index is 2.24. The summed E-state index contributed by atoms with van der Waals surface area (Å²) >= 11 is 0. The first-order valence-corrected chi connectivity index (χ1v) is 5.94. The predicted octanol–water partition coefficient (Wildman–Crippen LogP) is 2.86. The number of rotatable bonds is 2. The van der Waals surface area contributed by atoms with E-state index in [1.54, 1.807) is 36.9 Å². The van der Waals surface area contributed by atoms with Gasteiger partial charge in [-0.1, -0.05) is 0 Å². The van der Waals surface area contributed by atoms with Gasteiger partial charge in [0, 0.05) is 23.5 Å². The molecular weight excluding hydrogens is 252 g/mol. The van der Waals surface area contributed by atoms with Crippen molar-refractivity contribution in [2.75, 3.05) is 5.73 Å². The number of aromatic nitrogens is 2. The van der Waals surface area contributed by atoms with Crippen LogP contribution in [0.4, 0.5) is 5.82 Å². The van der Waals surface area contributed by atoms with Crippen LogP contribution in [-0.4, -0.2) is 9.97 Å². The topological polar surface area (TPSA) is 88.7 Å². The highest BCUT2D eigenvalue weighted by Gasteiger charge is 2.14. The van der Waals surface area contributed by atoms with Crippen molar-refractivity contribution in [1.82, 2.24) is 9.97 Å². The number of nitrogens with two attached hydrogens (primary N) is 1.